The molecule has 0 radical (unpaired) electrons. The molecule has 2 aliphatic heterocycles. The summed E-state index contributed by atoms with van der Waals surface area (Å²) in [5, 5.41) is 5.86. The topological polar surface area (TPSA) is 189 Å². The molecule has 4 heterocycles. The summed E-state index contributed by atoms with van der Waals surface area (Å²) in [4.78, 5) is 52.9. The second-order valence-electron chi connectivity index (χ2n) is 9.75. The number of carbonyl (C=O) groups excluding carboxylic acids is 2. The highest BCUT2D eigenvalue weighted by molar-refractivity contribution is 8.00. The second kappa shape index (κ2) is 11.1. The molecule has 4 atom stereocenters. The van der Waals surface area contributed by atoms with E-state index in [-0.39, 0.29) is 60.1 Å². The van der Waals surface area contributed by atoms with Crippen molar-refractivity contribution in [1.82, 2.24) is 29.3 Å². The molecule has 2 aromatic rings. The van der Waals surface area contributed by atoms with E-state index in [4.69, 9.17) is 10.5 Å². The summed E-state index contributed by atoms with van der Waals surface area (Å²) in [6.45, 7) is 0.348. The van der Waals surface area contributed by atoms with Crippen molar-refractivity contribution in [3.8, 4) is 0 Å². The molecule has 4 rings (SSSR count). The first-order chi connectivity index (χ1) is 17.9. The summed E-state index contributed by atoms with van der Waals surface area (Å²) >= 11 is 1.82. The number of hydrogen-bond donors (Lipinski definition) is 3. The van der Waals surface area contributed by atoms with Crippen LogP contribution in [0.1, 0.15) is 25.7 Å². The highest BCUT2D eigenvalue weighted by atomic mass is 32.2. The lowest BCUT2D eigenvalue weighted by Crippen LogP contribution is -2.39. The Balaban J connectivity index is 1.32. The fourth-order valence-electron chi connectivity index (χ4n) is 5.06. The van der Waals surface area contributed by atoms with Gasteiger partial charge in [0.25, 0.3) is 5.56 Å². The number of primary amides is 1. The molecule has 3 unspecified atom stereocenters. The Morgan fingerprint density at radius 2 is 1.92 bits per heavy atom. The molecule has 4 N–H and O–H groups in total. The number of nitrogens with one attached hydrogen (secondary N) is 2. The van der Waals surface area contributed by atoms with Gasteiger partial charge in [-0.25, -0.2) is 18.0 Å². The van der Waals surface area contributed by atoms with Crippen LogP contribution in [0.3, 0.4) is 0 Å². The number of hydrogen-bond acceptors (Lipinski definition) is 9. The lowest BCUT2D eigenvalue weighted by Gasteiger charge is -2.18. The van der Waals surface area contributed by atoms with Gasteiger partial charge in [0.1, 0.15) is 0 Å². The van der Waals surface area contributed by atoms with Gasteiger partial charge in [-0.05, 0) is 19.3 Å². The normalized spacial score (nSPS) is 21.9. The average Bonchev–Trinajstić information content (AvgIpc) is 3.50. The number of aryl methyl sites for hydroxylation is 1. The van der Waals surface area contributed by atoms with Crippen molar-refractivity contribution in [2.75, 3.05) is 25.2 Å². The number of thioether (sulfide) groups is 1. The van der Waals surface area contributed by atoms with E-state index in [1.54, 1.807) is 0 Å². The number of nitrogens with two attached hydrogens (primary N) is 1. The van der Waals surface area contributed by atoms with Gasteiger partial charge >= 0.3 is 11.7 Å². The molecular weight excluding hydrogens is 538 g/mol. The van der Waals surface area contributed by atoms with E-state index in [0.29, 0.717) is 18.1 Å². The Bertz CT molecular complexity index is 1460. The Kier molecular flexibility index (Phi) is 8.23. The fourth-order valence-corrected chi connectivity index (χ4v) is 7.45. The Hall–Kier alpha value is -2.85. The summed E-state index contributed by atoms with van der Waals surface area (Å²) in [6, 6.07) is 0.141. The quantitative estimate of drug-likeness (QED) is 0.205. The SMILES string of the molecule is Cn1c(=O)c2c(nc(S(C)(=O)=O)n2C)n(CCOCCC(CCC[C@H]2SCC3NC(=O)NC32)C(N)=O)c1=O. The molecule has 210 valence electrons. The fraction of sp³-hybridized carbons (Fsp3) is 0.682. The number of nitrogens with zero attached hydrogens (tertiary/aromatic N) is 4. The molecule has 2 saturated heterocycles. The summed E-state index contributed by atoms with van der Waals surface area (Å²) in [6.07, 6.45) is 3.66. The molecule has 0 aliphatic carbocycles. The molecule has 3 amide bonds. The van der Waals surface area contributed by atoms with Gasteiger partial charge in [0.2, 0.25) is 20.9 Å². The molecule has 16 heteroatoms. The molecule has 0 bridgehead atoms. The van der Waals surface area contributed by atoms with Crippen LogP contribution >= 0.6 is 11.8 Å². The molecule has 0 aromatic carbocycles. The van der Waals surface area contributed by atoms with Crippen molar-refractivity contribution in [2.24, 2.45) is 25.7 Å². The number of urea groups is 1. The predicted molar refractivity (Wildman–Crippen MR) is 141 cm³/mol. The highest BCUT2D eigenvalue weighted by Crippen LogP contribution is 2.33. The first-order valence-corrected chi connectivity index (χ1v) is 15.3. The van der Waals surface area contributed by atoms with E-state index in [1.807, 2.05) is 11.8 Å². The zero-order valence-electron chi connectivity index (χ0n) is 21.5. The smallest absolute Gasteiger partial charge is 0.332 e. The van der Waals surface area contributed by atoms with Gasteiger partial charge in [-0.3, -0.25) is 18.7 Å². The number of rotatable bonds is 12. The highest BCUT2D eigenvalue weighted by Gasteiger charge is 2.42. The zero-order chi connectivity index (χ0) is 27.8. The third-order valence-electron chi connectivity index (χ3n) is 7.10. The first-order valence-electron chi connectivity index (χ1n) is 12.3. The van der Waals surface area contributed by atoms with Crippen LogP contribution in [0.5, 0.6) is 0 Å². The van der Waals surface area contributed by atoms with Crippen molar-refractivity contribution in [3.05, 3.63) is 20.8 Å². The van der Waals surface area contributed by atoms with Crippen molar-refractivity contribution in [3.63, 3.8) is 0 Å². The minimum Gasteiger partial charge on any atom is -0.380 e. The van der Waals surface area contributed by atoms with Crippen LogP contribution in [-0.4, -0.2) is 81.6 Å². The van der Waals surface area contributed by atoms with Crippen molar-refractivity contribution >= 4 is 44.7 Å². The zero-order valence-corrected chi connectivity index (χ0v) is 23.1. The summed E-state index contributed by atoms with van der Waals surface area (Å²) in [5.41, 5.74) is 4.29. The van der Waals surface area contributed by atoms with Crippen LogP contribution in [0.2, 0.25) is 0 Å². The van der Waals surface area contributed by atoms with Crippen molar-refractivity contribution < 1.29 is 22.7 Å². The number of amides is 3. The average molecular weight is 572 g/mol. The molecular formula is C22H33N7O7S2. The van der Waals surface area contributed by atoms with Gasteiger partial charge in [-0.15, -0.1) is 0 Å². The van der Waals surface area contributed by atoms with Crippen molar-refractivity contribution in [2.45, 2.75) is 54.7 Å². The van der Waals surface area contributed by atoms with E-state index in [1.165, 1.54) is 23.2 Å². The maximum Gasteiger partial charge on any atom is 0.332 e. The third kappa shape index (κ3) is 5.61. The van der Waals surface area contributed by atoms with Gasteiger partial charge in [0.05, 0.1) is 25.2 Å². The lowest BCUT2D eigenvalue weighted by atomic mass is 9.95. The Morgan fingerprint density at radius 1 is 1.18 bits per heavy atom. The van der Waals surface area contributed by atoms with Crippen LogP contribution < -0.4 is 27.6 Å². The van der Waals surface area contributed by atoms with Gasteiger partial charge in [0, 0.05) is 43.9 Å². The number of aromatic nitrogens is 4. The first kappa shape index (κ1) is 28.2. The number of ether oxygens (including phenoxy) is 1. The maximum atomic E-state index is 12.7. The minimum absolute atomic E-state index is 0.000940. The van der Waals surface area contributed by atoms with E-state index in [0.717, 1.165) is 29.4 Å². The minimum atomic E-state index is -3.73. The van der Waals surface area contributed by atoms with Crippen LogP contribution in [-0.2, 0) is 40.0 Å². The standard InChI is InChI=1S/C22H33N7O7S2/c1-27-16-18(26-21(27)38(3,34)35)29(22(33)28(2)19(16)31)8-10-36-9-7-12(17(23)30)5-4-6-14-15-13(11-37-14)24-20(32)25-15/h12-15H,4-11H2,1-3H3,(H2,23,30)(H2,24,25,32)/t12?,13?,14-,15?/m1/s1. The van der Waals surface area contributed by atoms with Crippen LogP contribution in [0.4, 0.5) is 4.79 Å². The lowest BCUT2D eigenvalue weighted by molar-refractivity contribution is -0.122. The Morgan fingerprint density at radius 3 is 2.61 bits per heavy atom. The van der Waals surface area contributed by atoms with E-state index < -0.39 is 27.0 Å². The summed E-state index contributed by atoms with van der Waals surface area (Å²) in [5.74, 6) is 0.105. The molecule has 14 nitrogen and oxygen atoms in total. The molecule has 2 aromatic heterocycles. The maximum absolute atomic E-state index is 12.7. The van der Waals surface area contributed by atoms with Crippen LogP contribution in [0.25, 0.3) is 11.2 Å². The molecule has 38 heavy (non-hydrogen) atoms. The van der Waals surface area contributed by atoms with Gasteiger partial charge in [-0.1, -0.05) is 6.42 Å². The van der Waals surface area contributed by atoms with E-state index >= 15 is 0 Å². The van der Waals surface area contributed by atoms with E-state index in [9.17, 15) is 27.6 Å². The summed E-state index contributed by atoms with van der Waals surface area (Å²) in [7, 11) is -1.01. The number of fused-ring (bicyclic) bond motifs is 2. The number of imidazole rings is 1. The number of sulfone groups is 1. The Labute approximate surface area is 223 Å². The molecule has 2 aliphatic rings. The monoisotopic (exact) mass is 571 g/mol. The largest absolute Gasteiger partial charge is 0.380 e. The third-order valence-corrected chi connectivity index (χ3v) is 9.64. The van der Waals surface area contributed by atoms with Crippen LogP contribution in [0, 0.1) is 5.92 Å². The number of carbonyl (C=O) groups is 2. The van der Waals surface area contributed by atoms with Gasteiger partial charge in [0.15, 0.2) is 11.2 Å². The van der Waals surface area contributed by atoms with E-state index in [2.05, 4.69) is 15.6 Å². The van der Waals surface area contributed by atoms with Gasteiger partial charge in [-0.2, -0.15) is 16.7 Å². The second-order valence-corrected chi connectivity index (χ2v) is 12.9. The predicted octanol–water partition coefficient (Wildman–Crippen LogP) is -1.32. The van der Waals surface area contributed by atoms with Gasteiger partial charge < -0.3 is 25.7 Å². The van der Waals surface area contributed by atoms with Crippen molar-refractivity contribution in [1.29, 1.82) is 0 Å². The van der Waals surface area contributed by atoms with Crippen LogP contribution in [0.15, 0.2) is 14.7 Å². The molecule has 2 fully saturated rings. The molecule has 0 saturated carbocycles. The summed E-state index contributed by atoms with van der Waals surface area (Å²) < 4.78 is 33.1. The molecule has 0 spiro atoms.